The molecule has 0 aliphatic rings. The van der Waals surface area contributed by atoms with E-state index in [1.807, 2.05) is 6.07 Å². The van der Waals surface area contributed by atoms with Gasteiger partial charge >= 0.3 is 5.97 Å². The number of hydrogen-bond donors (Lipinski definition) is 1. The second-order valence-electron chi connectivity index (χ2n) is 5.27. The van der Waals surface area contributed by atoms with E-state index in [0.717, 1.165) is 0 Å². The fourth-order valence-corrected chi connectivity index (χ4v) is 2.87. The van der Waals surface area contributed by atoms with Gasteiger partial charge in [0, 0.05) is 4.90 Å². The van der Waals surface area contributed by atoms with Gasteiger partial charge in [0.2, 0.25) is 0 Å². The molecule has 1 amide bonds. The highest BCUT2D eigenvalue weighted by atomic mass is 32.2. The summed E-state index contributed by atoms with van der Waals surface area (Å²) in [5.41, 5.74) is 0.968. The maximum atomic E-state index is 12.2. The molecule has 0 heterocycles. The van der Waals surface area contributed by atoms with Gasteiger partial charge in [0.15, 0.2) is 6.61 Å². The van der Waals surface area contributed by atoms with Gasteiger partial charge in [-0.2, -0.15) is 5.26 Å². The molecule has 0 saturated heterocycles. The van der Waals surface area contributed by atoms with Crippen LogP contribution in [-0.4, -0.2) is 30.0 Å². The molecule has 2 aromatic rings. The molecule has 26 heavy (non-hydrogen) atoms. The van der Waals surface area contributed by atoms with Crippen LogP contribution in [-0.2, 0) is 14.3 Å². The largest absolute Gasteiger partial charge is 0.452 e. The zero-order chi connectivity index (χ0) is 18.9. The van der Waals surface area contributed by atoms with Gasteiger partial charge in [-0.15, -0.1) is 11.8 Å². The van der Waals surface area contributed by atoms with Crippen molar-refractivity contribution in [2.75, 3.05) is 17.7 Å². The summed E-state index contributed by atoms with van der Waals surface area (Å²) in [5.74, 6) is -0.959. The van der Waals surface area contributed by atoms with E-state index in [0.29, 0.717) is 21.7 Å². The lowest BCUT2D eigenvalue weighted by Gasteiger charge is -2.10. The lowest BCUT2D eigenvalue weighted by molar-refractivity contribution is -0.119. The maximum absolute atomic E-state index is 12.2. The molecule has 6 nitrogen and oxygen atoms in total. The first kappa shape index (κ1) is 19.2. The van der Waals surface area contributed by atoms with Gasteiger partial charge in [-0.3, -0.25) is 9.59 Å². The number of ketones is 1. The number of anilines is 1. The monoisotopic (exact) mass is 368 g/mol. The van der Waals surface area contributed by atoms with E-state index < -0.39 is 18.5 Å². The van der Waals surface area contributed by atoms with Gasteiger partial charge < -0.3 is 10.1 Å². The highest BCUT2D eigenvalue weighted by Crippen LogP contribution is 2.23. The van der Waals surface area contributed by atoms with Crippen LogP contribution >= 0.6 is 11.8 Å². The van der Waals surface area contributed by atoms with Crippen LogP contribution in [0.4, 0.5) is 5.69 Å². The van der Waals surface area contributed by atoms with Gasteiger partial charge in [-0.1, -0.05) is 24.3 Å². The third kappa shape index (κ3) is 5.46. The third-order valence-corrected chi connectivity index (χ3v) is 4.41. The summed E-state index contributed by atoms with van der Waals surface area (Å²) in [6, 6.07) is 15.2. The van der Waals surface area contributed by atoms with Crippen molar-refractivity contribution in [1.29, 1.82) is 5.26 Å². The Balaban J connectivity index is 1.97. The van der Waals surface area contributed by atoms with Crippen molar-refractivity contribution in [3.8, 4) is 6.07 Å². The van der Waals surface area contributed by atoms with E-state index in [1.165, 1.54) is 18.7 Å². The quantitative estimate of drug-likeness (QED) is 0.596. The van der Waals surface area contributed by atoms with E-state index in [4.69, 9.17) is 10.00 Å². The number of para-hydroxylation sites is 1. The molecule has 0 saturated carbocycles. The Bertz CT molecular complexity index is 874. The van der Waals surface area contributed by atoms with Crippen molar-refractivity contribution in [2.45, 2.75) is 11.8 Å². The minimum Gasteiger partial charge on any atom is -0.452 e. The van der Waals surface area contributed by atoms with Crippen LogP contribution in [0.5, 0.6) is 0 Å². The first-order chi connectivity index (χ1) is 12.5. The number of thioether (sulfide) groups is 1. The van der Waals surface area contributed by atoms with Crippen LogP contribution in [0.1, 0.15) is 22.8 Å². The Morgan fingerprint density at radius 1 is 1.12 bits per heavy atom. The Kier molecular flexibility index (Phi) is 6.94. The normalized spacial score (nSPS) is 9.85. The smallest absolute Gasteiger partial charge is 0.339 e. The number of esters is 1. The number of Topliss-reactive ketones (excluding diaryl/α,β-unsaturated/α-hetero) is 1. The molecule has 0 radical (unpaired) electrons. The van der Waals surface area contributed by atoms with Gasteiger partial charge in [0.05, 0.1) is 22.6 Å². The van der Waals surface area contributed by atoms with Gasteiger partial charge in [0.1, 0.15) is 11.9 Å². The predicted molar refractivity (Wildman–Crippen MR) is 97.9 cm³/mol. The number of nitrogens with zero attached hydrogens (tertiary/aromatic N) is 1. The van der Waals surface area contributed by atoms with Crippen LogP contribution in [0, 0.1) is 11.3 Å². The minimum absolute atomic E-state index is 0.00583. The van der Waals surface area contributed by atoms with E-state index >= 15 is 0 Å². The number of rotatable bonds is 7. The second-order valence-corrected chi connectivity index (χ2v) is 6.29. The number of benzene rings is 2. The SMILES string of the molecule is CC(=O)CSc1ccccc1C(=O)OCC(=O)Nc1ccccc1C#N. The summed E-state index contributed by atoms with van der Waals surface area (Å²) in [6.45, 7) is 0.988. The summed E-state index contributed by atoms with van der Waals surface area (Å²) < 4.78 is 5.05. The summed E-state index contributed by atoms with van der Waals surface area (Å²) in [6.07, 6.45) is 0. The number of ether oxygens (including phenoxy) is 1. The number of hydrogen-bond acceptors (Lipinski definition) is 6. The van der Waals surface area contributed by atoms with Crippen LogP contribution in [0.2, 0.25) is 0 Å². The fourth-order valence-electron chi connectivity index (χ4n) is 2.03. The minimum atomic E-state index is -0.652. The molecule has 2 aromatic carbocycles. The first-order valence-corrected chi connectivity index (χ1v) is 8.67. The first-order valence-electron chi connectivity index (χ1n) is 7.68. The second kappa shape index (κ2) is 9.39. The molecule has 0 aromatic heterocycles. The average Bonchev–Trinajstić information content (AvgIpc) is 2.65. The summed E-state index contributed by atoms with van der Waals surface area (Å²) >= 11 is 1.24. The summed E-state index contributed by atoms with van der Waals surface area (Å²) in [4.78, 5) is 35.9. The van der Waals surface area contributed by atoms with E-state index in [9.17, 15) is 14.4 Å². The molecule has 7 heteroatoms. The topological polar surface area (TPSA) is 96.3 Å². The summed E-state index contributed by atoms with van der Waals surface area (Å²) in [7, 11) is 0. The lowest BCUT2D eigenvalue weighted by atomic mass is 10.2. The fraction of sp³-hybridized carbons (Fsp3) is 0.158. The Morgan fingerprint density at radius 2 is 1.81 bits per heavy atom. The highest BCUT2D eigenvalue weighted by molar-refractivity contribution is 8.00. The molecule has 0 spiro atoms. The van der Waals surface area contributed by atoms with Crippen LogP contribution in [0.3, 0.4) is 0 Å². The highest BCUT2D eigenvalue weighted by Gasteiger charge is 2.15. The molecular formula is C19H16N2O4S. The van der Waals surface area contributed by atoms with Crippen molar-refractivity contribution in [1.82, 2.24) is 0 Å². The zero-order valence-corrected chi connectivity index (χ0v) is 14.8. The van der Waals surface area contributed by atoms with Crippen LogP contribution in [0.15, 0.2) is 53.4 Å². The zero-order valence-electron chi connectivity index (χ0n) is 14.0. The number of nitriles is 1. The van der Waals surface area contributed by atoms with Gasteiger partial charge in [-0.25, -0.2) is 4.79 Å². The van der Waals surface area contributed by atoms with Crippen molar-refractivity contribution < 1.29 is 19.1 Å². The Labute approximate surface area is 155 Å². The Morgan fingerprint density at radius 3 is 2.54 bits per heavy atom. The van der Waals surface area contributed by atoms with Gasteiger partial charge in [0.25, 0.3) is 5.91 Å². The Hall–Kier alpha value is -3.11. The third-order valence-electron chi connectivity index (χ3n) is 3.19. The van der Waals surface area contributed by atoms with E-state index in [1.54, 1.807) is 48.5 Å². The lowest BCUT2D eigenvalue weighted by Crippen LogP contribution is -2.21. The molecule has 0 bridgehead atoms. The standard InChI is InChI=1S/C19H16N2O4S/c1-13(22)12-26-17-9-5-3-7-15(17)19(24)25-11-18(23)21-16-8-4-2-6-14(16)10-20/h2-9H,11-12H2,1H3,(H,21,23). The van der Waals surface area contributed by atoms with Crippen molar-refractivity contribution in [2.24, 2.45) is 0 Å². The molecule has 132 valence electrons. The number of carbonyl (C=O) groups is 3. The van der Waals surface area contributed by atoms with E-state index in [2.05, 4.69) is 5.32 Å². The molecule has 0 aliphatic carbocycles. The molecule has 1 N–H and O–H groups in total. The molecule has 2 rings (SSSR count). The molecule has 0 unspecified atom stereocenters. The van der Waals surface area contributed by atoms with Crippen molar-refractivity contribution in [3.05, 3.63) is 59.7 Å². The van der Waals surface area contributed by atoms with Gasteiger partial charge in [-0.05, 0) is 31.2 Å². The average molecular weight is 368 g/mol. The van der Waals surface area contributed by atoms with Crippen molar-refractivity contribution >= 4 is 35.1 Å². The number of carbonyl (C=O) groups excluding carboxylic acids is 3. The number of amides is 1. The molecule has 0 aliphatic heterocycles. The predicted octanol–water partition coefficient (Wildman–Crippen LogP) is 3.03. The van der Waals surface area contributed by atoms with Crippen LogP contribution < -0.4 is 5.32 Å². The van der Waals surface area contributed by atoms with Crippen LogP contribution in [0.25, 0.3) is 0 Å². The molecule has 0 atom stereocenters. The molecular weight excluding hydrogens is 352 g/mol. The van der Waals surface area contributed by atoms with E-state index in [-0.39, 0.29) is 11.5 Å². The molecule has 0 fully saturated rings. The van der Waals surface area contributed by atoms with Crippen molar-refractivity contribution in [3.63, 3.8) is 0 Å². The maximum Gasteiger partial charge on any atom is 0.339 e. The number of nitrogens with one attached hydrogen (secondary N) is 1. The summed E-state index contributed by atoms with van der Waals surface area (Å²) in [5, 5.41) is 11.5.